The fourth-order valence-electron chi connectivity index (χ4n) is 4.20. The molecule has 0 amide bonds. The molecule has 0 radical (unpaired) electrons. The first kappa shape index (κ1) is 21.8. The Labute approximate surface area is 187 Å². The van der Waals surface area contributed by atoms with Gasteiger partial charge in [0.2, 0.25) is 0 Å². The van der Waals surface area contributed by atoms with Crippen LogP contribution in [0.4, 0.5) is 0 Å². The summed E-state index contributed by atoms with van der Waals surface area (Å²) in [5, 5.41) is 2.88. The normalized spacial score (nSPS) is 17.2. The second-order valence-corrected chi connectivity index (χ2v) is 13.1. The maximum atomic E-state index is 6.12. The first-order valence-electron chi connectivity index (χ1n) is 11.3. The van der Waals surface area contributed by atoms with E-state index in [4.69, 9.17) is 9.47 Å². The van der Waals surface area contributed by atoms with Gasteiger partial charge >= 0.3 is 0 Å². The van der Waals surface area contributed by atoms with Gasteiger partial charge in [0.15, 0.2) is 6.29 Å². The van der Waals surface area contributed by atoms with Gasteiger partial charge in [0, 0.05) is 6.61 Å². The van der Waals surface area contributed by atoms with Crippen LogP contribution in [-0.2, 0) is 16.1 Å². The molecule has 0 spiro atoms. The Kier molecular flexibility index (Phi) is 7.18. The monoisotopic (exact) mass is 428 g/mol. The van der Waals surface area contributed by atoms with Crippen molar-refractivity contribution >= 4 is 30.6 Å². The first-order valence-corrected chi connectivity index (χ1v) is 14.3. The largest absolute Gasteiger partial charge is 0.353 e. The van der Waals surface area contributed by atoms with Gasteiger partial charge in [-0.05, 0) is 41.1 Å². The molecule has 1 unspecified atom stereocenters. The molecule has 31 heavy (non-hydrogen) atoms. The lowest BCUT2D eigenvalue weighted by Crippen LogP contribution is -2.54. The molecule has 1 aliphatic rings. The molecule has 1 aliphatic heterocycles. The smallest absolute Gasteiger partial charge is 0.158 e. The van der Waals surface area contributed by atoms with Gasteiger partial charge in [-0.25, -0.2) is 0 Å². The van der Waals surface area contributed by atoms with Gasteiger partial charge in [0.1, 0.15) is 8.07 Å². The first-order chi connectivity index (χ1) is 15.1. The van der Waals surface area contributed by atoms with Crippen LogP contribution < -0.4 is 10.4 Å². The lowest BCUT2D eigenvalue weighted by atomic mass is 10.1. The van der Waals surface area contributed by atoms with Gasteiger partial charge in [-0.15, -0.1) is 0 Å². The van der Waals surface area contributed by atoms with E-state index in [1.54, 1.807) is 0 Å². The van der Waals surface area contributed by atoms with Crippen LogP contribution in [0.3, 0.4) is 0 Å². The zero-order valence-electron chi connectivity index (χ0n) is 18.6. The van der Waals surface area contributed by atoms with Gasteiger partial charge < -0.3 is 9.47 Å². The molecule has 3 heteroatoms. The van der Waals surface area contributed by atoms with Crippen LogP contribution in [0, 0.1) is 0 Å². The highest BCUT2D eigenvalue weighted by Gasteiger charge is 2.28. The molecule has 0 bridgehead atoms. The summed E-state index contributed by atoms with van der Waals surface area (Å²) in [6.07, 6.45) is 7.63. The Bertz CT molecular complexity index is 987. The Morgan fingerprint density at radius 1 is 0.839 bits per heavy atom. The fraction of sp³-hybridized carbons (Fsp3) is 0.286. The highest BCUT2D eigenvalue weighted by molar-refractivity contribution is 7.00. The molecule has 160 valence electrons. The molecule has 1 atom stereocenters. The van der Waals surface area contributed by atoms with Crippen molar-refractivity contribution in [3.8, 4) is 0 Å². The zero-order valence-corrected chi connectivity index (χ0v) is 19.6. The molecule has 2 nitrogen and oxygen atoms in total. The number of benzene rings is 3. The van der Waals surface area contributed by atoms with Crippen LogP contribution in [-0.4, -0.2) is 21.0 Å². The summed E-state index contributed by atoms with van der Waals surface area (Å²) in [4.78, 5) is 0. The van der Waals surface area contributed by atoms with Crippen molar-refractivity contribution in [1.29, 1.82) is 0 Å². The SMILES string of the molecule is C[Si](C)(c1ccc(/C=C/c2ccccc2)cc1)c1ccccc1COC1CCCCO1. The van der Waals surface area contributed by atoms with Crippen molar-refractivity contribution in [1.82, 2.24) is 0 Å². The van der Waals surface area contributed by atoms with Crippen LogP contribution >= 0.6 is 0 Å². The molecular formula is C28H32O2Si. The van der Waals surface area contributed by atoms with E-state index < -0.39 is 8.07 Å². The van der Waals surface area contributed by atoms with E-state index in [9.17, 15) is 0 Å². The molecule has 0 saturated carbocycles. The lowest BCUT2D eigenvalue weighted by Gasteiger charge is -2.28. The quantitative estimate of drug-likeness (QED) is 0.354. The maximum absolute atomic E-state index is 6.12. The summed E-state index contributed by atoms with van der Waals surface area (Å²) in [5.41, 5.74) is 3.74. The van der Waals surface area contributed by atoms with Gasteiger partial charge in [-0.3, -0.25) is 0 Å². The van der Waals surface area contributed by atoms with Crippen molar-refractivity contribution in [3.63, 3.8) is 0 Å². The minimum Gasteiger partial charge on any atom is -0.353 e. The van der Waals surface area contributed by atoms with E-state index in [0.29, 0.717) is 6.61 Å². The average Bonchev–Trinajstić information content (AvgIpc) is 2.83. The minimum absolute atomic E-state index is 0.0535. The number of rotatable bonds is 7. The number of ether oxygens (including phenoxy) is 2. The summed E-state index contributed by atoms with van der Waals surface area (Å²) in [6.45, 7) is 6.29. The molecule has 0 aliphatic carbocycles. The van der Waals surface area contributed by atoms with E-state index in [2.05, 4.69) is 98.0 Å². The predicted octanol–water partition coefficient (Wildman–Crippen LogP) is 5.72. The van der Waals surface area contributed by atoms with Crippen molar-refractivity contribution in [2.24, 2.45) is 0 Å². The van der Waals surface area contributed by atoms with E-state index >= 15 is 0 Å². The minimum atomic E-state index is -1.84. The van der Waals surface area contributed by atoms with Gasteiger partial charge in [0.05, 0.1) is 6.61 Å². The Morgan fingerprint density at radius 3 is 2.23 bits per heavy atom. The Morgan fingerprint density at radius 2 is 1.52 bits per heavy atom. The third kappa shape index (κ3) is 5.62. The van der Waals surface area contributed by atoms with Crippen LogP contribution in [0.2, 0.25) is 13.1 Å². The topological polar surface area (TPSA) is 18.5 Å². The average molecular weight is 429 g/mol. The summed E-state index contributed by atoms with van der Waals surface area (Å²) in [5.74, 6) is 0. The summed E-state index contributed by atoms with van der Waals surface area (Å²) in [7, 11) is -1.84. The number of hydrogen-bond acceptors (Lipinski definition) is 2. The molecule has 1 heterocycles. The molecule has 0 aromatic heterocycles. The lowest BCUT2D eigenvalue weighted by molar-refractivity contribution is -0.168. The molecule has 4 rings (SSSR count). The van der Waals surface area contributed by atoms with Crippen LogP contribution in [0.25, 0.3) is 12.2 Å². The second kappa shape index (κ2) is 10.2. The van der Waals surface area contributed by atoms with Crippen molar-refractivity contribution in [2.75, 3.05) is 6.61 Å². The van der Waals surface area contributed by atoms with Crippen LogP contribution in [0.15, 0.2) is 78.9 Å². The van der Waals surface area contributed by atoms with E-state index in [0.717, 1.165) is 19.4 Å². The summed E-state index contributed by atoms with van der Waals surface area (Å²) >= 11 is 0. The highest BCUT2D eigenvalue weighted by atomic mass is 28.3. The Balaban J connectivity index is 1.49. The maximum Gasteiger partial charge on any atom is 0.158 e. The molecule has 1 fully saturated rings. The van der Waals surface area contributed by atoms with E-state index in [1.165, 1.54) is 33.5 Å². The molecule has 3 aromatic rings. The third-order valence-corrected chi connectivity index (χ3v) is 9.76. The third-order valence-electron chi connectivity index (χ3n) is 6.15. The van der Waals surface area contributed by atoms with Crippen LogP contribution in [0.5, 0.6) is 0 Å². The standard InChI is InChI=1S/C28H32O2Si/c1-31(2,26-19-17-24(18-20-26)16-15-23-10-4-3-5-11-23)27-13-7-6-12-25(27)22-30-28-14-8-9-21-29-28/h3-7,10-13,15-20,28H,8-9,14,21-22H2,1-2H3/b16-15+. The second-order valence-electron chi connectivity index (χ2n) is 8.76. The zero-order chi connectivity index (χ0) is 21.5. The summed E-state index contributed by atoms with van der Waals surface area (Å²) in [6, 6.07) is 28.3. The Hall–Kier alpha value is -2.46. The fourth-order valence-corrected chi connectivity index (χ4v) is 6.99. The van der Waals surface area contributed by atoms with Crippen molar-refractivity contribution in [3.05, 3.63) is 95.6 Å². The van der Waals surface area contributed by atoms with Crippen LogP contribution in [0.1, 0.15) is 36.0 Å². The van der Waals surface area contributed by atoms with E-state index in [1.807, 2.05) is 6.07 Å². The van der Waals surface area contributed by atoms with Crippen molar-refractivity contribution in [2.45, 2.75) is 45.3 Å². The molecule has 1 saturated heterocycles. The highest BCUT2D eigenvalue weighted by Crippen LogP contribution is 2.17. The van der Waals surface area contributed by atoms with Gasteiger partial charge in [-0.2, -0.15) is 0 Å². The number of hydrogen-bond donors (Lipinski definition) is 0. The predicted molar refractivity (Wildman–Crippen MR) is 133 cm³/mol. The molecular weight excluding hydrogens is 396 g/mol. The molecule has 0 N–H and O–H groups in total. The van der Waals surface area contributed by atoms with E-state index in [-0.39, 0.29) is 6.29 Å². The van der Waals surface area contributed by atoms with Gasteiger partial charge in [-0.1, -0.05) is 109 Å². The van der Waals surface area contributed by atoms with Crippen molar-refractivity contribution < 1.29 is 9.47 Å². The van der Waals surface area contributed by atoms with Gasteiger partial charge in [0.25, 0.3) is 0 Å². The molecule has 3 aromatic carbocycles. The summed E-state index contributed by atoms with van der Waals surface area (Å²) < 4.78 is 11.9.